The second kappa shape index (κ2) is 4.93. The summed E-state index contributed by atoms with van der Waals surface area (Å²) in [6, 6.07) is 8.39. The van der Waals surface area contributed by atoms with Crippen LogP contribution in [0.2, 0.25) is 0 Å². The van der Waals surface area contributed by atoms with Crippen LogP contribution >= 0.6 is 0 Å². The molecule has 2 heteroatoms. The number of fused-ring (bicyclic) bond motifs is 1. The fraction of sp³-hybridized carbons (Fsp3) is 0.625. The van der Waals surface area contributed by atoms with E-state index < -0.39 is 0 Å². The lowest BCUT2D eigenvalue weighted by atomic mass is 9.85. The van der Waals surface area contributed by atoms with Gasteiger partial charge in [-0.1, -0.05) is 43.9 Å². The molecule has 2 nitrogen and oxygen atoms in total. The Labute approximate surface area is 110 Å². The molecule has 2 N–H and O–H groups in total. The van der Waals surface area contributed by atoms with Crippen LogP contribution in [-0.2, 0) is 6.42 Å². The maximum atomic E-state index is 6.59. The van der Waals surface area contributed by atoms with Crippen molar-refractivity contribution in [3.8, 4) is 5.75 Å². The van der Waals surface area contributed by atoms with Crippen LogP contribution < -0.4 is 10.5 Å². The smallest absolute Gasteiger partial charge is 0.123 e. The van der Waals surface area contributed by atoms with Crippen molar-refractivity contribution in [1.29, 1.82) is 0 Å². The Morgan fingerprint density at radius 1 is 1.11 bits per heavy atom. The Morgan fingerprint density at radius 3 is 2.56 bits per heavy atom. The third-order valence-corrected chi connectivity index (χ3v) is 4.45. The number of nitrogens with two attached hydrogens (primary N) is 1. The van der Waals surface area contributed by atoms with E-state index >= 15 is 0 Å². The molecule has 0 spiro atoms. The number of rotatable bonds is 2. The number of hydrogen-bond acceptors (Lipinski definition) is 2. The Balaban J connectivity index is 1.64. The van der Waals surface area contributed by atoms with E-state index in [4.69, 9.17) is 10.5 Å². The molecule has 0 radical (unpaired) electrons. The summed E-state index contributed by atoms with van der Waals surface area (Å²) in [5, 5.41) is 0. The van der Waals surface area contributed by atoms with Crippen LogP contribution in [0.5, 0.6) is 5.75 Å². The summed E-state index contributed by atoms with van der Waals surface area (Å²) >= 11 is 0. The van der Waals surface area contributed by atoms with Crippen molar-refractivity contribution in [2.24, 2.45) is 5.73 Å². The van der Waals surface area contributed by atoms with Crippen LogP contribution in [0.15, 0.2) is 24.3 Å². The molecule has 1 aliphatic carbocycles. The topological polar surface area (TPSA) is 35.2 Å². The molecule has 98 valence electrons. The molecule has 0 aromatic heterocycles. The van der Waals surface area contributed by atoms with Gasteiger partial charge in [0, 0.05) is 18.4 Å². The fourth-order valence-electron chi connectivity index (χ4n) is 3.46. The lowest BCUT2D eigenvalue weighted by Crippen LogP contribution is -2.43. The standard InChI is InChI=1S/C16H23NO/c17-16(9-5-1-2-6-10-16)12-14-11-13-7-3-4-8-15(13)18-14/h3-4,7-8,14H,1-2,5-6,9-12,17H2. The van der Waals surface area contributed by atoms with E-state index in [1.807, 2.05) is 6.07 Å². The summed E-state index contributed by atoms with van der Waals surface area (Å²) in [6.07, 6.45) is 9.97. The first-order valence-corrected chi connectivity index (χ1v) is 7.29. The van der Waals surface area contributed by atoms with E-state index in [1.165, 1.54) is 44.1 Å². The highest BCUT2D eigenvalue weighted by Crippen LogP contribution is 2.35. The molecular weight excluding hydrogens is 222 g/mol. The van der Waals surface area contributed by atoms with Crippen LogP contribution in [0.25, 0.3) is 0 Å². The zero-order chi connectivity index (χ0) is 12.4. The molecule has 3 rings (SSSR count). The minimum absolute atomic E-state index is 0.0171. The maximum Gasteiger partial charge on any atom is 0.123 e. The van der Waals surface area contributed by atoms with Crippen LogP contribution in [0, 0.1) is 0 Å². The summed E-state index contributed by atoms with van der Waals surface area (Å²) in [5.41, 5.74) is 7.96. The Kier molecular flexibility index (Phi) is 3.29. The molecule has 0 saturated heterocycles. The quantitative estimate of drug-likeness (QED) is 0.810. The fourth-order valence-corrected chi connectivity index (χ4v) is 3.46. The highest BCUT2D eigenvalue weighted by molar-refractivity contribution is 5.37. The summed E-state index contributed by atoms with van der Waals surface area (Å²) in [6.45, 7) is 0. The van der Waals surface area contributed by atoms with E-state index in [-0.39, 0.29) is 5.54 Å². The Hall–Kier alpha value is -1.02. The van der Waals surface area contributed by atoms with Gasteiger partial charge in [0.1, 0.15) is 11.9 Å². The summed E-state index contributed by atoms with van der Waals surface area (Å²) in [5.74, 6) is 1.07. The monoisotopic (exact) mass is 245 g/mol. The SMILES string of the molecule is NC1(CC2Cc3ccccc3O2)CCCCCC1. The van der Waals surface area contributed by atoms with Gasteiger partial charge in [-0.3, -0.25) is 0 Å². The molecule has 1 fully saturated rings. The molecule has 2 aliphatic rings. The minimum Gasteiger partial charge on any atom is -0.490 e. The summed E-state index contributed by atoms with van der Waals surface area (Å²) < 4.78 is 6.04. The van der Waals surface area contributed by atoms with Crippen LogP contribution in [0.4, 0.5) is 0 Å². The first-order chi connectivity index (χ1) is 8.75. The minimum atomic E-state index is 0.0171. The third kappa shape index (κ3) is 2.54. The second-order valence-corrected chi connectivity index (χ2v) is 6.03. The molecule has 1 saturated carbocycles. The van der Waals surface area contributed by atoms with Gasteiger partial charge in [-0.05, 0) is 24.5 Å². The van der Waals surface area contributed by atoms with Crippen molar-refractivity contribution >= 4 is 0 Å². The molecule has 1 aromatic rings. The van der Waals surface area contributed by atoms with Gasteiger partial charge in [0.25, 0.3) is 0 Å². The van der Waals surface area contributed by atoms with Gasteiger partial charge in [-0.2, -0.15) is 0 Å². The Bertz CT molecular complexity index is 382. The highest BCUT2D eigenvalue weighted by atomic mass is 16.5. The normalized spacial score (nSPS) is 26.2. The van der Waals surface area contributed by atoms with Crippen LogP contribution in [0.3, 0.4) is 0 Å². The number of benzene rings is 1. The molecule has 1 aliphatic heterocycles. The van der Waals surface area contributed by atoms with Gasteiger partial charge in [-0.15, -0.1) is 0 Å². The zero-order valence-corrected chi connectivity index (χ0v) is 11.0. The second-order valence-electron chi connectivity index (χ2n) is 6.03. The van der Waals surface area contributed by atoms with Crippen molar-refractivity contribution < 1.29 is 4.74 Å². The van der Waals surface area contributed by atoms with Crippen molar-refractivity contribution in [2.75, 3.05) is 0 Å². The van der Waals surface area contributed by atoms with Gasteiger partial charge in [0.2, 0.25) is 0 Å². The van der Waals surface area contributed by atoms with Gasteiger partial charge in [0.15, 0.2) is 0 Å². The molecule has 18 heavy (non-hydrogen) atoms. The van der Waals surface area contributed by atoms with Crippen molar-refractivity contribution in [3.63, 3.8) is 0 Å². The molecule has 1 aromatic carbocycles. The van der Waals surface area contributed by atoms with E-state index in [2.05, 4.69) is 18.2 Å². The van der Waals surface area contributed by atoms with Gasteiger partial charge < -0.3 is 10.5 Å². The first kappa shape index (κ1) is 12.0. The molecule has 1 heterocycles. The predicted molar refractivity (Wildman–Crippen MR) is 73.8 cm³/mol. The number of ether oxygens (including phenoxy) is 1. The number of para-hydroxylation sites is 1. The van der Waals surface area contributed by atoms with Gasteiger partial charge in [0.05, 0.1) is 0 Å². The molecular formula is C16H23NO. The van der Waals surface area contributed by atoms with E-state index in [0.29, 0.717) is 6.10 Å². The number of hydrogen-bond donors (Lipinski definition) is 1. The van der Waals surface area contributed by atoms with Gasteiger partial charge in [-0.25, -0.2) is 0 Å². The first-order valence-electron chi connectivity index (χ1n) is 7.29. The zero-order valence-electron chi connectivity index (χ0n) is 11.0. The molecule has 1 unspecified atom stereocenters. The lowest BCUT2D eigenvalue weighted by molar-refractivity contribution is 0.169. The van der Waals surface area contributed by atoms with Crippen LogP contribution in [-0.4, -0.2) is 11.6 Å². The lowest BCUT2D eigenvalue weighted by Gasteiger charge is -2.30. The molecule has 0 amide bonds. The average molecular weight is 245 g/mol. The van der Waals surface area contributed by atoms with E-state index in [1.54, 1.807) is 0 Å². The van der Waals surface area contributed by atoms with E-state index in [0.717, 1.165) is 18.6 Å². The van der Waals surface area contributed by atoms with Gasteiger partial charge >= 0.3 is 0 Å². The molecule has 1 atom stereocenters. The highest BCUT2D eigenvalue weighted by Gasteiger charge is 2.33. The summed E-state index contributed by atoms with van der Waals surface area (Å²) in [7, 11) is 0. The maximum absolute atomic E-state index is 6.59. The Morgan fingerprint density at radius 2 is 1.83 bits per heavy atom. The van der Waals surface area contributed by atoms with Crippen molar-refractivity contribution in [3.05, 3.63) is 29.8 Å². The largest absolute Gasteiger partial charge is 0.490 e. The van der Waals surface area contributed by atoms with Crippen LogP contribution in [0.1, 0.15) is 50.5 Å². The van der Waals surface area contributed by atoms with Crippen molar-refractivity contribution in [2.45, 2.75) is 63.0 Å². The molecule has 0 bridgehead atoms. The van der Waals surface area contributed by atoms with E-state index in [9.17, 15) is 0 Å². The third-order valence-electron chi connectivity index (χ3n) is 4.45. The summed E-state index contributed by atoms with van der Waals surface area (Å²) in [4.78, 5) is 0. The average Bonchev–Trinajstić information content (AvgIpc) is 2.63. The predicted octanol–water partition coefficient (Wildman–Crippen LogP) is 3.43. The van der Waals surface area contributed by atoms with Crippen molar-refractivity contribution in [1.82, 2.24) is 0 Å².